The molecule has 2 rings (SSSR count). The van der Waals surface area contributed by atoms with Crippen molar-refractivity contribution in [1.29, 1.82) is 0 Å². The van der Waals surface area contributed by atoms with Crippen LogP contribution in [0, 0.1) is 0 Å². The van der Waals surface area contributed by atoms with Crippen LogP contribution in [0.4, 0.5) is 0 Å². The van der Waals surface area contributed by atoms with Gasteiger partial charge in [0.1, 0.15) is 6.10 Å². The molecular weight excluding hydrogens is 276 g/mol. The quantitative estimate of drug-likeness (QED) is 0.549. The van der Waals surface area contributed by atoms with Gasteiger partial charge in [0.05, 0.1) is 13.2 Å². The molecule has 120 valence electrons. The van der Waals surface area contributed by atoms with Crippen LogP contribution in [-0.4, -0.2) is 57.1 Å². The summed E-state index contributed by atoms with van der Waals surface area (Å²) in [7, 11) is 1.53. The van der Waals surface area contributed by atoms with E-state index in [1.54, 1.807) is 0 Å². The number of carbonyl (C=O) groups is 2. The van der Waals surface area contributed by atoms with Crippen molar-refractivity contribution in [2.24, 2.45) is 0 Å². The van der Waals surface area contributed by atoms with Gasteiger partial charge in [-0.1, -0.05) is 6.42 Å². The normalized spacial score (nSPS) is 24.0. The molecule has 7 nitrogen and oxygen atoms in total. The predicted molar refractivity (Wildman–Crippen MR) is 74.5 cm³/mol. The Bertz CT molecular complexity index is 368. The fourth-order valence-corrected chi connectivity index (χ4v) is 2.70. The van der Waals surface area contributed by atoms with E-state index in [1.165, 1.54) is 13.5 Å². The maximum absolute atomic E-state index is 11.6. The number of amides is 2. The van der Waals surface area contributed by atoms with E-state index in [9.17, 15) is 9.59 Å². The lowest BCUT2D eigenvalue weighted by atomic mass is 9.94. The molecule has 2 aliphatic rings. The van der Waals surface area contributed by atoms with Crippen LogP contribution >= 0.6 is 0 Å². The molecule has 1 saturated heterocycles. The maximum Gasteiger partial charge on any atom is 0.309 e. The molecule has 0 aromatic heterocycles. The van der Waals surface area contributed by atoms with Crippen molar-refractivity contribution in [3.05, 3.63) is 0 Å². The maximum atomic E-state index is 11.6. The summed E-state index contributed by atoms with van der Waals surface area (Å²) in [5.74, 6) is -1.76. The third-order valence-electron chi connectivity index (χ3n) is 3.82. The summed E-state index contributed by atoms with van der Waals surface area (Å²) in [5.41, 5.74) is 0. The third kappa shape index (κ3) is 4.66. The van der Waals surface area contributed by atoms with Crippen LogP contribution in [0.25, 0.3) is 0 Å². The van der Waals surface area contributed by atoms with E-state index in [1.807, 2.05) is 0 Å². The number of hydrogen-bond donors (Lipinski definition) is 2. The fourth-order valence-electron chi connectivity index (χ4n) is 2.70. The Balaban J connectivity index is 1.66. The van der Waals surface area contributed by atoms with Gasteiger partial charge in [-0.25, -0.2) is 0 Å². The van der Waals surface area contributed by atoms with Gasteiger partial charge in [-0.15, -0.1) is 0 Å². The molecule has 1 saturated carbocycles. The van der Waals surface area contributed by atoms with Crippen LogP contribution < -0.4 is 10.6 Å². The summed E-state index contributed by atoms with van der Waals surface area (Å²) in [6.07, 6.45) is 5.09. The molecule has 21 heavy (non-hydrogen) atoms. The summed E-state index contributed by atoms with van der Waals surface area (Å²) in [6, 6.07) is 0. The monoisotopic (exact) mass is 300 g/mol. The van der Waals surface area contributed by atoms with Crippen LogP contribution in [-0.2, 0) is 23.8 Å². The molecule has 0 radical (unpaired) electrons. The van der Waals surface area contributed by atoms with Gasteiger partial charge in [0.2, 0.25) is 0 Å². The first-order chi connectivity index (χ1) is 10.2. The molecule has 1 aliphatic carbocycles. The van der Waals surface area contributed by atoms with Crippen LogP contribution in [0.5, 0.6) is 0 Å². The molecule has 1 heterocycles. The molecule has 2 amide bonds. The molecule has 2 fully saturated rings. The molecule has 7 heteroatoms. The van der Waals surface area contributed by atoms with Crippen molar-refractivity contribution in [3.8, 4) is 0 Å². The van der Waals surface area contributed by atoms with Gasteiger partial charge in [-0.3, -0.25) is 9.59 Å². The summed E-state index contributed by atoms with van der Waals surface area (Å²) in [6.45, 7) is 1.44. The highest BCUT2D eigenvalue weighted by molar-refractivity contribution is 6.35. The molecule has 0 aromatic rings. The lowest BCUT2D eigenvalue weighted by Crippen LogP contribution is -2.44. The Kier molecular flexibility index (Phi) is 5.96. The van der Waals surface area contributed by atoms with Gasteiger partial charge < -0.3 is 24.8 Å². The predicted octanol–water partition coefficient (Wildman–Crippen LogP) is -0.0590. The molecular formula is C14H24N2O5. The Morgan fingerprint density at radius 1 is 1.19 bits per heavy atom. The Morgan fingerprint density at radius 2 is 1.90 bits per heavy atom. The number of rotatable bonds is 5. The largest absolute Gasteiger partial charge is 0.383 e. The van der Waals surface area contributed by atoms with Crippen molar-refractivity contribution in [2.75, 3.05) is 33.4 Å². The topological polar surface area (TPSA) is 85.9 Å². The smallest absolute Gasteiger partial charge is 0.309 e. The average molecular weight is 300 g/mol. The molecule has 1 spiro atoms. The van der Waals surface area contributed by atoms with E-state index < -0.39 is 17.6 Å². The molecule has 1 atom stereocenters. The second-order valence-corrected chi connectivity index (χ2v) is 5.48. The van der Waals surface area contributed by atoms with Crippen LogP contribution in [0.15, 0.2) is 0 Å². The minimum absolute atomic E-state index is 0.182. The van der Waals surface area contributed by atoms with Gasteiger partial charge in [0, 0.05) is 33.0 Å². The van der Waals surface area contributed by atoms with E-state index in [0.29, 0.717) is 19.8 Å². The fraction of sp³-hybridized carbons (Fsp3) is 0.857. The van der Waals surface area contributed by atoms with Gasteiger partial charge in [0.15, 0.2) is 5.79 Å². The van der Waals surface area contributed by atoms with E-state index in [4.69, 9.17) is 14.2 Å². The Morgan fingerprint density at radius 3 is 2.62 bits per heavy atom. The lowest BCUT2D eigenvalue weighted by molar-refractivity contribution is -0.186. The lowest BCUT2D eigenvalue weighted by Gasteiger charge is -2.31. The first-order valence-electron chi connectivity index (χ1n) is 7.52. The molecule has 0 aromatic carbocycles. The van der Waals surface area contributed by atoms with Crippen molar-refractivity contribution in [3.63, 3.8) is 0 Å². The van der Waals surface area contributed by atoms with Gasteiger partial charge in [-0.05, 0) is 12.8 Å². The standard InChI is InChI=1S/C14H24N2O5/c1-19-8-7-15-12(17)13(18)16-9-11-10-20-14(21-11)5-3-2-4-6-14/h11H,2-10H2,1H3,(H,15,17)(H,16,18). The molecule has 1 aliphatic heterocycles. The minimum atomic E-state index is -0.654. The summed E-state index contributed by atoms with van der Waals surface area (Å²) in [5, 5.41) is 5.04. The highest BCUT2D eigenvalue weighted by Crippen LogP contribution is 2.37. The van der Waals surface area contributed by atoms with Crippen molar-refractivity contribution in [1.82, 2.24) is 10.6 Å². The van der Waals surface area contributed by atoms with E-state index in [0.717, 1.165) is 25.7 Å². The van der Waals surface area contributed by atoms with Crippen molar-refractivity contribution in [2.45, 2.75) is 44.0 Å². The second kappa shape index (κ2) is 7.72. The zero-order valence-electron chi connectivity index (χ0n) is 12.5. The van der Waals surface area contributed by atoms with Crippen molar-refractivity contribution < 1.29 is 23.8 Å². The van der Waals surface area contributed by atoms with E-state index in [2.05, 4.69) is 10.6 Å². The zero-order valence-corrected chi connectivity index (χ0v) is 12.5. The van der Waals surface area contributed by atoms with Gasteiger partial charge in [0.25, 0.3) is 0 Å². The highest BCUT2D eigenvalue weighted by atomic mass is 16.7. The number of carbonyl (C=O) groups excluding carboxylic acids is 2. The average Bonchev–Trinajstić information content (AvgIpc) is 2.88. The van der Waals surface area contributed by atoms with Crippen molar-refractivity contribution >= 4 is 11.8 Å². The number of nitrogens with one attached hydrogen (secondary N) is 2. The first-order valence-corrected chi connectivity index (χ1v) is 7.52. The SMILES string of the molecule is COCCNC(=O)C(=O)NCC1COC2(CCCCC2)O1. The van der Waals surface area contributed by atoms with E-state index >= 15 is 0 Å². The highest BCUT2D eigenvalue weighted by Gasteiger charge is 2.42. The van der Waals surface area contributed by atoms with Gasteiger partial charge >= 0.3 is 11.8 Å². The zero-order chi connectivity index (χ0) is 15.1. The third-order valence-corrected chi connectivity index (χ3v) is 3.82. The molecule has 1 unspecified atom stereocenters. The number of hydrogen-bond acceptors (Lipinski definition) is 5. The molecule has 0 bridgehead atoms. The summed E-state index contributed by atoms with van der Waals surface area (Å²) < 4.78 is 16.5. The van der Waals surface area contributed by atoms with Crippen LogP contribution in [0.3, 0.4) is 0 Å². The minimum Gasteiger partial charge on any atom is -0.383 e. The number of ether oxygens (including phenoxy) is 3. The van der Waals surface area contributed by atoms with Crippen LogP contribution in [0.2, 0.25) is 0 Å². The second-order valence-electron chi connectivity index (χ2n) is 5.48. The number of methoxy groups -OCH3 is 1. The van der Waals surface area contributed by atoms with Gasteiger partial charge in [-0.2, -0.15) is 0 Å². The van der Waals surface area contributed by atoms with Crippen LogP contribution in [0.1, 0.15) is 32.1 Å². The van der Waals surface area contributed by atoms with E-state index in [-0.39, 0.29) is 12.6 Å². The Hall–Kier alpha value is -1.18. The summed E-state index contributed by atoms with van der Waals surface area (Å²) >= 11 is 0. The molecule has 2 N–H and O–H groups in total. The summed E-state index contributed by atoms with van der Waals surface area (Å²) in [4.78, 5) is 23.1. The Labute approximate surface area is 124 Å². The first kappa shape index (κ1) is 16.2.